The summed E-state index contributed by atoms with van der Waals surface area (Å²) in [6.45, 7) is 2.46. The topological polar surface area (TPSA) is 108 Å². The van der Waals surface area contributed by atoms with Crippen molar-refractivity contribution in [2.45, 2.75) is 51.7 Å². The molecular formula is C20H30N2O5. The van der Waals surface area contributed by atoms with Crippen LogP contribution in [0.3, 0.4) is 0 Å². The summed E-state index contributed by atoms with van der Waals surface area (Å²) >= 11 is 0. The van der Waals surface area contributed by atoms with Gasteiger partial charge in [0.15, 0.2) is 0 Å². The molecule has 0 aliphatic heterocycles. The molecule has 0 unspecified atom stereocenters. The number of hydrogen-bond donors (Lipinski definition) is 4. The lowest BCUT2D eigenvalue weighted by molar-refractivity contribution is 0.0505. The second-order valence-electron chi connectivity index (χ2n) is 7.48. The number of ether oxygens (including phenoxy) is 1. The molecule has 27 heavy (non-hydrogen) atoms. The van der Waals surface area contributed by atoms with E-state index in [0.717, 1.165) is 37.7 Å². The molecular weight excluding hydrogens is 348 g/mol. The summed E-state index contributed by atoms with van der Waals surface area (Å²) in [4.78, 5) is 22.7. The zero-order valence-corrected chi connectivity index (χ0v) is 15.8. The Labute approximate surface area is 160 Å². The number of nitrogens with one attached hydrogen (secondary N) is 2. The molecule has 7 heteroatoms. The summed E-state index contributed by atoms with van der Waals surface area (Å²) in [5.74, 6) is -0.133. The minimum Gasteiger partial charge on any atom is -0.465 e. The van der Waals surface area contributed by atoms with Crippen molar-refractivity contribution in [3.8, 4) is 0 Å². The lowest BCUT2D eigenvalue weighted by Gasteiger charge is -2.45. The van der Waals surface area contributed by atoms with Gasteiger partial charge in [0.1, 0.15) is 6.61 Å². The van der Waals surface area contributed by atoms with Crippen molar-refractivity contribution in [2.75, 3.05) is 13.2 Å². The van der Waals surface area contributed by atoms with Crippen LogP contribution in [0.4, 0.5) is 9.59 Å². The Morgan fingerprint density at radius 2 is 1.96 bits per heavy atom. The van der Waals surface area contributed by atoms with Gasteiger partial charge in [-0.05, 0) is 43.6 Å². The SMILES string of the molecule is C[C@@H](NC(=O)O)[C@H](CO)CC1(CCNC(=O)OCc2ccccc2)CCC1. The van der Waals surface area contributed by atoms with E-state index in [4.69, 9.17) is 9.84 Å². The molecule has 0 spiro atoms. The van der Waals surface area contributed by atoms with Gasteiger partial charge in [0.05, 0.1) is 0 Å². The molecule has 150 valence electrons. The number of rotatable bonds is 10. The van der Waals surface area contributed by atoms with Crippen LogP contribution in [0.25, 0.3) is 0 Å². The fraction of sp³-hybridized carbons (Fsp3) is 0.600. The van der Waals surface area contributed by atoms with Crippen LogP contribution in [0.5, 0.6) is 0 Å². The van der Waals surface area contributed by atoms with Gasteiger partial charge in [-0.3, -0.25) is 0 Å². The molecule has 0 aromatic heterocycles. The average Bonchev–Trinajstić information content (AvgIpc) is 2.61. The van der Waals surface area contributed by atoms with E-state index in [9.17, 15) is 14.7 Å². The average molecular weight is 378 g/mol. The van der Waals surface area contributed by atoms with Gasteiger partial charge in [-0.2, -0.15) is 0 Å². The quantitative estimate of drug-likeness (QED) is 0.500. The van der Waals surface area contributed by atoms with Crippen LogP contribution in [0.15, 0.2) is 30.3 Å². The van der Waals surface area contributed by atoms with E-state index >= 15 is 0 Å². The van der Waals surface area contributed by atoms with E-state index < -0.39 is 12.2 Å². The standard InChI is InChI=1S/C20H30N2O5/c1-15(22-18(24)25)17(13-23)12-20(8-5-9-20)10-11-21-19(26)27-14-16-6-3-2-4-7-16/h2-4,6-7,15,17,22-23H,5,8-14H2,1H3,(H,21,26)(H,24,25)/t15-,17+/m1/s1. The van der Waals surface area contributed by atoms with Gasteiger partial charge < -0.3 is 25.6 Å². The molecule has 1 aromatic carbocycles. The second-order valence-corrected chi connectivity index (χ2v) is 7.48. The fourth-order valence-electron chi connectivity index (χ4n) is 3.71. The summed E-state index contributed by atoms with van der Waals surface area (Å²) in [5, 5.41) is 23.8. The van der Waals surface area contributed by atoms with E-state index in [0.29, 0.717) is 6.54 Å². The Morgan fingerprint density at radius 1 is 1.26 bits per heavy atom. The van der Waals surface area contributed by atoms with E-state index in [2.05, 4.69) is 10.6 Å². The van der Waals surface area contributed by atoms with Gasteiger partial charge in [-0.25, -0.2) is 9.59 Å². The molecule has 2 rings (SSSR count). The highest BCUT2D eigenvalue weighted by atomic mass is 16.5. The molecule has 0 radical (unpaired) electrons. The number of aliphatic hydroxyl groups is 1. The number of carboxylic acid groups (broad SMARTS) is 1. The zero-order chi connectivity index (χ0) is 19.7. The molecule has 0 saturated heterocycles. The van der Waals surface area contributed by atoms with Crippen LogP contribution in [-0.4, -0.2) is 41.6 Å². The van der Waals surface area contributed by atoms with Gasteiger partial charge in [0.25, 0.3) is 0 Å². The zero-order valence-electron chi connectivity index (χ0n) is 15.8. The maximum atomic E-state index is 11.9. The molecule has 0 bridgehead atoms. The van der Waals surface area contributed by atoms with Crippen LogP contribution in [0, 0.1) is 11.3 Å². The predicted molar refractivity (Wildman–Crippen MR) is 101 cm³/mol. The van der Waals surface area contributed by atoms with Crippen LogP contribution >= 0.6 is 0 Å². The number of carbonyl (C=O) groups excluding carboxylic acids is 1. The van der Waals surface area contributed by atoms with Gasteiger partial charge in [0.2, 0.25) is 0 Å². The number of carbonyl (C=O) groups is 2. The smallest absolute Gasteiger partial charge is 0.407 e. The molecule has 1 saturated carbocycles. The minimum atomic E-state index is -1.08. The summed E-state index contributed by atoms with van der Waals surface area (Å²) in [6.07, 6.45) is 3.21. The van der Waals surface area contributed by atoms with Gasteiger partial charge in [0, 0.05) is 25.1 Å². The first kappa shape index (κ1) is 21.0. The molecule has 0 heterocycles. The Balaban J connectivity index is 1.75. The molecule has 1 fully saturated rings. The first-order valence-electron chi connectivity index (χ1n) is 9.49. The van der Waals surface area contributed by atoms with Crippen molar-refractivity contribution in [2.24, 2.45) is 11.3 Å². The Kier molecular flexibility index (Phi) is 7.91. The molecule has 1 aromatic rings. The normalized spacial score (nSPS) is 17.3. The molecule has 4 N–H and O–H groups in total. The number of hydrogen-bond acceptors (Lipinski definition) is 4. The summed E-state index contributed by atoms with van der Waals surface area (Å²) in [6, 6.07) is 9.20. The number of alkyl carbamates (subject to hydrolysis) is 1. The summed E-state index contributed by atoms with van der Waals surface area (Å²) < 4.78 is 5.21. The monoisotopic (exact) mass is 378 g/mol. The highest BCUT2D eigenvalue weighted by molar-refractivity contribution is 5.67. The second kappa shape index (κ2) is 10.2. The molecule has 7 nitrogen and oxygen atoms in total. The van der Waals surface area contributed by atoms with Crippen molar-refractivity contribution >= 4 is 12.2 Å². The lowest BCUT2D eigenvalue weighted by atomic mass is 9.62. The van der Waals surface area contributed by atoms with E-state index in [-0.39, 0.29) is 30.6 Å². The molecule has 1 aliphatic carbocycles. The predicted octanol–water partition coefficient (Wildman–Crippen LogP) is 3.13. The first-order chi connectivity index (χ1) is 12.9. The van der Waals surface area contributed by atoms with Gasteiger partial charge in [-0.15, -0.1) is 0 Å². The molecule has 2 amide bonds. The maximum absolute atomic E-state index is 11.9. The number of amides is 2. The number of benzene rings is 1. The molecule has 1 aliphatic rings. The third-order valence-electron chi connectivity index (χ3n) is 5.54. The van der Waals surface area contributed by atoms with E-state index in [1.165, 1.54) is 0 Å². The van der Waals surface area contributed by atoms with Crippen LogP contribution in [0.1, 0.15) is 44.6 Å². The Morgan fingerprint density at radius 3 is 2.52 bits per heavy atom. The van der Waals surface area contributed by atoms with Crippen LogP contribution in [0.2, 0.25) is 0 Å². The maximum Gasteiger partial charge on any atom is 0.407 e. The van der Waals surface area contributed by atoms with Crippen LogP contribution < -0.4 is 10.6 Å². The summed E-state index contributed by atoms with van der Waals surface area (Å²) in [5.41, 5.74) is 0.989. The highest BCUT2D eigenvalue weighted by Gasteiger charge is 2.39. The first-order valence-corrected chi connectivity index (χ1v) is 9.49. The van der Waals surface area contributed by atoms with Crippen molar-refractivity contribution < 1.29 is 24.5 Å². The fourth-order valence-corrected chi connectivity index (χ4v) is 3.71. The van der Waals surface area contributed by atoms with E-state index in [1.54, 1.807) is 6.92 Å². The van der Waals surface area contributed by atoms with Crippen LogP contribution in [-0.2, 0) is 11.3 Å². The highest BCUT2D eigenvalue weighted by Crippen LogP contribution is 2.48. The van der Waals surface area contributed by atoms with Crippen molar-refractivity contribution in [3.05, 3.63) is 35.9 Å². The minimum absolute atomic E-state index is 0.0501. The largest absolute Gasteiger partial charge is 0.465 e. The Bertz CT molecular complexity index is 604. The number of aliphatic hydroxyl groups excluding tert-OH is 1. The molecule has 2 atom stereocenters. The van der Waals surface area contributed by atoms with E-state index in [1.807, 2.05) is 30.3 Å². The van der Waals surface area contributed by atoms with Gasteiger partial charge in [-0.1, -0.05) is 36.8 Å². The lowest BCUT2D eigenvalue weighted by Crippen LogP contribution is -2.44. The van der Waals surface area contributed by atoms with Gasteiger partial charge >= 0.3 is 12.2 Å². The summed E-state index contributed by atoms with van der Waals surface area (Å²) in [7, 11) is 0. The van der Waals surface area contributed by atoms with Crippen molar-refractivity contribution in [3.63, 3.8) is 0 Å². The van der Waals surface area contributed by atoms with Crippen molar-refractivity contribution in [1.29, 1.82) is 0 Å². The van der Waals surface area contributed by atoms with Crippen molar-refractivity contribution in [1.82, 2.24) is 10.6 Å². The third-order valence-corrected chi connectivity index (χ3v) is 5.54. The third kappa shape index (κ3) is 6.75. The Hall–Kier alpha value is -2.28.